The third-order valence-corrected chi connectivity index (χ3v) is 6.27. The van der Waals surface area contributed by atoms with Crippen LogP contribution < -0.4 is 5.56 Å². The Morgan fingerprint density at radius 2 is 1.61 bits per heavy atom. The largest absolute Gasteiger partial charge is 0.334 e. The number of carbonyl (C=O) groups is 1. The molecule has 156 valence electrons. The molecular weight excluding hydrogens is 406 g/mol. The molecule has 0 fully saturated rings. The highest BCUT2D eigenvalue weighted by Gasteiger charge is 2.27. The number of rotatable bonds is 7. The molecule has 1 N–H and O–H groups in total. The van der Waals surface area contributed by atoms with E-state index < -0.39 is 5.25 Å². The van der Waals surface area contributed by atoms with E-state index in [0.29, 0.717) is 23.3 Å². The number of aromatic amines is 1. The lowest BCUT2D eigenvalue weighted by molar-refractivity contribution is -0.131. The van der Waals surface area contributed by atoms with Gasteiger partial charge in [0.2, 0.25) is 5.91 Å². The molecule has 4 rings (SSSR count). The highest BCUT2D eigenvalue weighted by Crippen LogP contribution is 2.36. The quantitative estimate of drug-likeness (QED) is 0.428. The van der Waals surface area contributed by atoms with E-state index >= 15 is 0 Å². The Bertz CT molecular complexity index is 1230. The lowest BCUT2D eigenvalue weighted by atomic mass is 10.1. The van der Waals surface area contributed by atoms with E-state index in [1.54, 1.807) is 11.0 Å². The molecule has 3 aromatic carbocycles. The van der Waals surface area contributed by atoms with Crippen molar-refractivity contribution in [3.63, 3.8) is 0 Å². The summed E-state index contributed by atoms with van der Waals surface area (Å²) in [5.41, 5.74) is 1.38. The summed E-state index contributed by atoms with van der Waals surface area (Å²) in [6.45, 7) is 2.69. The standard InChI is InChI=1S/C25H23N3O2S/c1-2-28(17-22-26-21-16-10-9-15-20(21)24(29)27-22)25(30)23(18-11-5-3-6-12-18)31-19-13-7-4-8-14-19/h3-16,23H,2,17H2,1H3,(H,26,27,29)/t23-/m1/s1. The van der Waals surface area contributed by atoms with E-state index in [-0.39, 0.29) is 18.0 Å². The molecule has 5 nitrogen and oxygen atoms in total. The summed E-state index contributed by atoms with van der Waals surface area (Å²) in [7, 11) is 0. The molecule has 1 heterocycles. The van der Waals surface area contributed by atoms with Crippen LogP contribution in [0.2, 0.25) is 0 Å². The van der Waals surface area contributed by atoms with Crippen LogP contribution in [0.4, 0.5) is 0 Å². The minimum atomic E-state index is -0.393. The predicted octanol–water partition coefficient (Wildman–Crippen LogP) is 4.81. The number of carbonyl (C=O) groups excluding carboxylic acids is 1. The number of benzene rings is 3. The lowest BCUT2D eigenvalue weighted by Gasteiger charge is -2.26. The van der Waals surface area contributed by atoms with Gasteiger partial charge in [-0.3, -0.25) is 9.59 Å². The van der Waals surface area contributed by atoms with Crippen LogP contribution in [0.15, 0.2) is 94.6 Å². The van der Waals surface area contributed by atoms with E-state index in [0.717, 1.165) is 10.5 Å². The second-order valence-corrected chi connectivity index (χ2v) is 8.28. The van der Waals surface area contributed by atoms with Gasteiger partial charge < -0.3 is 9.88 Å². The zero-order valence-corrected chi connectivity index (χ0v) is 18.0. The van der Waals surface area contributed by atoms with Crippen molar-refractivity contribution in [2.24, 2.45) is 0 Å². The summed E-state index contributed by atoms with van der Waals surface area (Å²) >= 11 is 1.53. The summed E-state index contributed by atoms with van der Waals surface area (Å²) in [4.78, 5) is 36.2. The van der Waals surface area contributed by atoms with Gasteiger partial charge >= 0.3 is 0 Å². The summed E-state index contributed by atoms with van der Waals surface area (Å²) < 4.78 is 0. The molecule has 1 amide bonds. The van der Waals surface area contributed by atoms with Crippen molar-refractivity contribution in [1.29, 1.82) is 0 Å². The number of likely N-dealkylation sites (N-methyl/N-ethyl adjacent to an activating group) is 1. The molecular formula is C25H23N3O2S. The highest BCUT2D eigenvalue weighted by atomic mass is 32.2. The number of thioether (sulfide) groups is 1. The van der Waals surface area contributed by atoms with Gasteiger partial charge in [-0.1, -0.05) is 60.7 Å². The molecule has 0 aliphatic carbocycles. The lowest BCUT2D eigenvalue weighted by Crippen LogP contribution is -2.34. The van der Waals surface area contributed by atoms with Crippen molar-refractivity contribution >= 4 is 28.6 Å². The molecule has 31 heavy (non-hydrogen) atoms. The maximum absolute atomic E-state index is 13.6. The summed E-state index contributed by atoms with van der Waals surface area (Å²) in [6, 6.07) is 26.9. The van der Waals surface area contributed by atoms with Crippen LogP contribution in [-0.4, -0.2) is 27.3 Å². The van der Waals surface area contributed by atoms with E-state index in [2.05, 4.69) is 9.97 Å². The first-order valence-electron chi connectivity index (χ1n) is 10.2. The molecule has 0 aliphatic heterocycles. The first-order valence-corrected chi connectivity index (χ1v) is 11.1. The number of aromatic nitrogens is 2. The van der Waals surface area contributed by atoms with Crippen molar-refractivity contribution in [2.45, 2.75) is 23.6 Å². The van der Waals surface area contributed by atoms with Crippen LogP contribution >= 0.6 is 11.8 Å². The smallest absolute Gasteiger partial charge is 0.258 e. The third-order valence-electron chi connectivity index (χ3n) is 5.02. The predicted molar refractivity (Wildman–Crippen MR) is 125 cm³/mol. The SMILES string of the molecule is CCN(Cc1nc2ccccc2c(=O)[nH]1)C(=O)[C@H](Sc1ccccc1)c1ccccc1. The number of hydrogen-bond donors (Lipinski definition) is 1. The van der Waals surface area contributed by atoms with Crippen LogP contribution in [0.25, 0.3) is 10.9 Å². The van der Waals surface area contributed by atoms with Gasteiger partial charge in [0, 0.05) is 11.4 Å². The molecule has 6 heteroatoms. The molecule has 0 saturated heterocycles. The molecule has 1 aromatic heterocycles. The van der Waals surface area contributed by atoms with Gasteiger partial charge in [0.1, 0.15) is 11.1 Å². The van der Waals surface area contributed by atoms with Crippen molar-refractivity contribution in [3.05, 3.63) is 107 Å². The summed E-state index contributed by atoms with van der Waals surface area (Å²) in [5.74, 6) is 0.466. The average Bonchev–Trinajstić information content (AvgIpc) is 2.82. The van der Waals surface area contributed by atoms with E-state index in [9.17, 15) is 9.59 Å². The van der Waals surface area contributed by atoms with Crippen molar-refractivity contribution in [1.82, 2.24) is 14.9 Å². The fourth-order valence-electron chi connectivity index (χ4n) is 3.43. The number of amides is 1. The second-order valence-electron chi connectivity index (χ2n) is 7.10. The Labute approximate surface area is 185 Å². The molecule has 4 aromatic rings. The van der Waals surface area contributed by atoms with Gasteiger partial charge in [-0.05, 0) is 36.8 Å². The van der Waals surface area contributed by atoms with Gasteiger partial charge in [-0.2, -0.15) is 0 Å². The third kappa shape index (κ3) is 4.86. The average molecular weight is 430 g/mol. The minimum absolute atomic E-state index is 0.0154. The Kier molecular flexibility index (Phi) is 6.48. The van der Waals surface area contributed by atoms with Crippen LogP contribution in [0.3, 0.4) is 0 Å². The van der Waals surface area contributed by atoms with Gasteiger partial charge in [0.15, 0.2) is 0 Å². The second kappa shape index (κ2) is 9.62. The van der Waals surface area contributed by atoms with Gasteiger partial charge in [-0.15, -0.1) is 11.8 Å². The first-order chi connectivity index (χ1) is 15.2. The Hall–Kier alpha value is -3.38. The maximum Gasteiger partial charge on any atom is 0.258 e. The molecule has 0 radical (unpaired) electrons. The maximum atomic E-state index is 13.6. The molecule has 1 atom stereocenters. The number of fused-ring (bicyclic) bond motifs is 1. The van der Waals surface area contributed by atoms with Crippen molar-refractivity contribution in [3.8, 4) is 0 Å². The van der Waals surface area contributed by atoms with Crippen LogP contribution in [0, 0.1) is 0 Å². The molecule has 0 bridgehead atoms. The summed E-state index contributed by atoms with van der Waals surface area (Å²) in [5, 5.41) is 0.151. The van der Waals surface area contributed by atoms with Crippen LogP contribution in [-0.2, 0) is 11.3 Å². The van der Waals surface area contributed by atoms with Crippen molar-refractivity contribution in [2.75, 3.05) is 6.54 Å². The molecule has 0 unspecified atom stereocenters. The fraction of sp³-hybridized carbons (Fsp3) is 0.160. The number of H-pyrrole nitrogens is 1. The number of nitrogens with zero attached hydrogens (tertiary/aromatic N) is 2. The van der Waals surface area contributed by atoms with E-state index in [1.165, 1.54) is 11.8 Å². The number of para-hydroxylation sites is 1. The van der Waals surface area contributed by atoms with Gasteiger partial charge in [0.05, 0.1) is 17.4 Å². The van der Waals surface area contributed by atoms with E-state index in [4.69, 9.17) is 0 Å². The number of nitrogens with one attached hydrogen (secondary N) is 1. The van der Waals surface area contributed by atoms with Gasteiger partial charge in [-0.25, -0.2) is 4.98 Å². The molecule has 0 saturated carbocycles. The summed E-state index contributed by atoms with van der Waals surface area (Å²) in [6.07, 6.45) is 0. The molecule has 0 aliphatic rings. The van der Waals surface area contributed by atoms with Gasteiger partial charge in [0.25, 0.3) is 5.56 Å². The monoisotopic (exact) mass is 429 g/mol. The van der Waals surface area contributed by atoms with Crippen LogP contribution in [0.1, 0.15) is 23.6 Å². The normalized spacial score (nSPS) is 11.9. The Morgan fingerprint density at radius 1 is 0.968 bits per heavy atom. The topological polar surface area (TPSA) is 66.1 Å². The number of hydrogen-bond acceptors (Lipinski definition) is 4. The molecule has 0 spiro atoms. The van der Waals surface area contributed by atoms with Crippen LogP contribution in [0.5, 0.6) is 0 Å². The first kappa shape index (κ1) is 20.9. The Morgan fingerprint density at radius 3 is 2.32 bits per heavy atom. The minimum Gasteiger partial charge on any atom is -0.334 e. The highest BCUT2D eigenvalue weighted by molar-refractivity contribution is 8.00. The fourth-order valence-corrected chi connectivity index (χ4v) is 4.56. The Balaban J connectivity index is 1.64. The van der Waals surface area contributed by atoms with Crippen molar-refractivity contribution < 1.29 is 4.79 Å². The zero-order valence-electron chi connectivity index (χ0n) is 17.2. The zero-order chi connectivity index (χ0) is 21.6. The van der Waals surface area contributed by atoms with E-state index in [1.807, 2.05) is 85.8 Å².